The van der Waals surface area contributed by atoms with Gasteiger partial charge in [0.15, 0.2) is 11.6 Å². The van der Waals surface area contributed by atoms with Crippen LogP contribution in [0.15, 0.2) is 54.9 Å². The topological polar surface area (TPSA) is 102 Å². The summed E-state index contributed by atoms with van der Waals surface area (Å²) < 4.78 is 34.7. The first-order valence-corrected chi connectivity index (χ1v) is 12.7. The van der Waals surface area contributed by atoms with Crippen molar-refractivity contribution in [2.75, 3.05) is 18.8 Å². The summed E-state index contributed by atoms with van der Waals surface area (Å²) in [6.45, 7) is 6.82. The quantitative estimate of drug-likeness (QED) is 0.289. The molecule has 4 heterocycles. The number of aromatic nitrogens is 4. The van der Waals surface area contributed by atoms with E-state index in [0.29, 0.717) is 16.9 Å². The maximum atomic E-state index is 14.0. The van der Waals surface area contributed by atoms with Gasteiger partial charge in [-0.3, -0.25) is 9.69 Å². The van der Waals surface area contributed by atoms with Crippen LogP contribution >= 0.6 is 0 Å². The van der Waals surface area contributed by atoms with Crippen molar-refractivity contribution in [3.63, 3.8) is 0 Å². The van der Waals surface area contributed by atoms with E-state index in [-0.39, 0.29) is 23.0 Å². The number of aryl methyl sites for hydroxylation is 1. The minimum Gasteiger partial charge on any atom is -0.433 e. The molecule has 0 bridgehead atoms. The number of hydrogen-bond donors (Lipinski definition) is 2. The van der Waals surface area contributed by atoms with Gasteiger partial charge in [0.1, 0.15) is 5.82 Å². The van der Waals surface area contributed by atoms with Crippen molar-refractivity contribution in [2.24, 2.45) is 0 Å². The first-order valence-electron chi connectivity index (χ1n) is 12.7. The number of ether oxygens (including phenoxy) is 1. The highest BCUT2D eigenvalue weighted by atomic mass is 19.1. The molecule has 6 rings (SSSR count). The first kappa shape index (κ1) is 24.7. The lowest BCUT2D eigenvalue weighted by Crippen LogP contribution is -2.30. The van der Waals surface area contributed by atoms with Crippen molar-refractivity contribution >= 4 is 22.5 Å². The van der Waals surface area contributed by atoms with Gasteiger partial charge in [-0.1, -0.05) is 19.1 Å². The molecule has 0 amide bonds. The first-order chi connectivity index (χ1) is 18.8. The number of H-pyrrole nitrogens is 1. The van der Waals surface area contributed by atoms with Crippen LogP contribution in [0.2, 0.25) is 0 Å². The van der Waals surface area contributed by atoms with Gasteiger partial charge in [0.2, 0.25) is 17.4 Å². The Bertz CT molecular complexity index is 1720. The Hall–Kier alpha value is -4.57. The second kappa shape index (κ2) is 9.63. The summed E-state index contributed by atoms with van der Waals surface area (Å²) in [6, 6.07) is 11.0. The maximum Gasteiger partial charge on any atom is 0.219 e. The summed E-state index contributed by atoms with van der Waals surface area (Å²) in [5, 5.41) is 5.38. The fourth-order valence-corrected chi connectivity index (χ4v) is 5.09. The van der Waals surface area contributed by atoms with Gasteiger partial charge in [-0.2, -0.15) is 5.10 Å². The monoisotopic (exact) mass is 528 g/mol. The van der Waals surface area contributed by atoms with E-state index in [2.05, 4.69) is 33.0 Å². The molecular formula is C29H26F2N6O2. The number of halogens is 2. The number of nitrogens with zero attached hydrogens (tertiary/aromatic N) is 4. The third kappa shape index (κ3) is 4.32. The molecule has 0 aliphatic carbocycles. The molecule has 1 aliphatic heterocycles. The van der Waals surface area contributed by atoms with Gasteiger partial charge in [-0.05, 0) is 60.8 Å². The number of nitrogens with two attached hydrogens (primary N) is 1. The minimum atomic E-state index is -0.835. The molecule has 0 unspecified atom stereocenters. The number of anilines is 1. The number of likely N-dealkylation sites (N-methyl/N-ethyl adjacent to an activating group) is 1. The van der Waals surface area contributed by atoms with Crippen molar-refractivity contribution in [3.05, 3.63) is 94.4 Å². The molecular weight excluding hydrogens is 502 g/mol. The number of fused-ring (bicyclic) bond motifs is 3. The zero-order valence-electron chi connectivity index (χ0n) is 21.5. The van der Waals surface area contributed by atoms with Crippen LogP contribution in [0.25, 0.3) is 16.6 Å². The van der Waals surface area contributed by atoms with Crippen LogP contribution in [0.5, 0.6) is 11.6 Å². The van der Waals surface area contributed by atoms with Gasteiger partial charge in [0.25, 0.3) is 0 Å². The number of para-hydroxylation sites is 1. The molecule has 0 atom stereocenters. The lowest BCUT2D eigenvalue weighted by Gasteiger charge is -2.27. The number of nitrogens with one attached hydrogen (secondary N) is 1. The Kier molecular flexibility index (Phi) is 6.11. The highest BCUT2D eigenvalue weighted by Crippen LogP contribution is 2.31. The van der Waals surface area contributed by atoms with Crippen molar-refractivity contribution in [1.29, 1.82) is 0 Å². The highest BCUT2D eigenvalue weighted by Gasteiger charge is 2.23. The van der Waals surface area contributed by atoms with Gasteiger partial charge in [0, 0.05) is 30.1 Å². The number of nitrogen functional groups attached to an aromatic ring is 1. The third-order valence-electron chi connectivity index (χ3n) is 7.24. The molecule has 39 heavy (non-hydrogen) atoms. The fraction of sp³-hybridized carbons (Fsp3) is 0.207. The van der Waals surface area contributed by atoms with Crippen molar-refractivity contribution in [3.8, 4) is 17.3 Å². The van der Waals surface area contributed by atoms with Gasteiger partial charge >= 0.3 is 0 Å². The van der Waals surface area contributed by atoms with E-state index in [9.17, 15) is 13.6 Å². The largest absolute Gasteiger partial charge is 0.433 e. The summed E-state index contributed by atoms with van der Waals surface area (Å²) >= 11 is 0. The zero-order chi connectivity index (χ0) is 27.3. The molecule has 3 N–H and O–H groups in total. The van der Waals surface area contributed by atoms with Gasteiger partial charge < -0.3 is 15.5 Å². The van der Waals surface area contributed by atoms with Crippen LogP contribution in [0.4, 0.5) is 14.6 Å². The Balaban J connectivity index is 1.28. The Morgan fingerprint density at radius 2 is 1.95 bits per heavy atom. The predicted molar refractivity (Wildman–Crippen MR) is 143 cm³/mol. The zero-order valence-corrected chi connectivity index (χ0v) is 21.5. The Morgan fingerprint density at radius 3 is 2.69 bits per heavy atom. The molecule has 3 aromatic heterocycles. The number of benzene rings is 2. The fourth-order valence-electron chi connectivity index (χ4n) is 5.09. The molecule has 8 nitrogen and oxygen atoms in total. The summed E-state index contributed by atoms with van der Waals surface area (Å²) in [7, 11) is 0. The highest BCUT2D eigenvalue weighted by molar-refractivity contribution is 6.12. The molecule has 2 aromatic carbocycles. The van der Waals surface area contributed by atoms with E-state index in [1.54, 1.807) is 6.92 Å². The van der Waals surface area contributed by atoms with Crippen molar-refractivity contribution in [2.45, 2.75) is 26.8 Å². The number of carbonyl (C=O) groups excluding carboxylic acids is 1. The SMILES string of the molecule is CCN1CCc2c(ccc3[nH]c(C(=O)c4cnn(-c5cnc(Oc6c(F)cccc6F)cc5C)c4N)cc23)C1. The molecule has 0 saturated heterocycles. The Labute approximate surface area is 223 Å². The predicted octanol–water partition coefficient (Wildman–Crippen LogP) is 5.32. The minimum absolute atomic E-state index is 0.00532. The van der Waals surface area contributed by atoms with E-state index in [1.165, 1.54) is 40.3 Å². The average Bonchev–Trinajstić information content (AvgIpc) is 3.54. The van der Waals surface area contributed by atoms with Crippen LogP contribution in [0.1, 0.15) is 39.7 Å². The lowest BCUT2D eigenvalue weighted by atomic mass is 9.96. The Morgan fingerprint density at radius 1 is 1.15 bits per heavy atom. The van der Waals surface area contributed by atoms with Gasteiger partial charge in [-0.15, -0.1) is 0 Å². The van der Waals surface area contributed by atoms with Crippen LogP contribution in [0.3, 0.4) is 0 Å². The molecule has 198 valence electrons. The maximum absolute atomic E-state index is 14.0. The average molecular weight is 529 g/mol. The van der Waals surface area contributed by atoms with E-state index in [1.807, 2.05) is 12.1 Å². The molecule has 1 aliphatic rings. The van der Waals surface area contributed by atoms with Crippen LogP contribution < -0.4 is 10.5 Å². The smallest absolute Gasteiger partial charge is 0.219 e. The van der Waals surface area contributed by atoms with Crippen molar-refractivity contribution in [1.82, 2.24) is 24.6 Å². The standard InChI is InChI=1S/C29H26F2N6O2/c1-3-36-10-9-18-17(15-36)7-8-23-19(18)12-24(35-23)27(38)20-13-34-37(29(20)32)25-14-33-26(11-16(25)2)39-28-21(30)5-4-6-22(28)31/h4-8,11-14,35H,3,9-10,15,32H2,1-2H3. The summed E-state index contributed by atoms with van der Waals surface area (Å²) in [6.07, 6.45) is 3.79. The van der Waals surface area contributed by atoms with E-state index in [4.69, 9.17) is 10.5 Å². The molecule has 0 saturated carbocycles. The van der Waals surface area contributed by atoms with E-state index >= 15 is 0 Å². The number of rotatable bonds is 6. The van der Waals surface area contributed by atoms with Crippen LogP contribution in [0, 0.1) is 18.6 Å². The summed E-state index contributed by atoms with van der Waals surface area (Å²) in [5.74, 6) is -2.32. The number of pyridine rings is 1. The van der Waals surface area contributed by atoms with E-state index < -0.39 is 17.4 Å². The normalized spacial score (nSPS) is 13.5. The number of hydrogen-bond acceptors (Lipinski definition) is 6. The van der Waals surface area contributed by atoms with Crippen LogP contribution in [-0.4, -0.2) is 43.5 Å². The summed E-state index contributed by atoms with van der Waals surface area (Å²) in [5.41, 5.74) is 11.7. The third-order valence-corrected chi connectivity index (χ3v) is 7.24. The molecule has 10 heteroatoms. The molecule has 0 fully saturated rings. The molecule has 5 aromatic rings. The van der Waals surface area contributed by atoms with Crippen LogP contribution in [-0.2, 0) is 13.0 Å². The second-order valence-corrected chi connectivity index (χ2v) is 9.61. The summed E-state index contributed by atoms with van der Waals surface area (Å²) in [4.78, 5) is 23.3. The molecule has 0 spiro atoms. The van der Waals surface area contributed by atoms with E-state index in [0.717, 1.165) is 49.1 Å². The van der Waals surface area contributed by atoms with Crippen molar-refractivity contribution < 1.29 is 18.3 Å². The number of carbonyl (C=O) groups is 1. The number of aromatic amines is 1. The lowest BCUT2D eigenvalue weighted by molar-refractivity contribution is 0.103. The van der Waals surface area contributed by atoms with Gasteiger partial charge in [-0.25, -0.2) is 18.4 Å². The van der Waals surface area contributed by atoms with Gasteiger partial charge in [0.05, 0.1) is 29.3 Å². The molecule has 0 radical (unpaired) electrons. The second-order valence-electron chi connectivity index (χ2n) is 9.61. The number of ketones is 1.